The van der Waals surface area contributed by atoms with Gasteiger partial charge in [-0.25, -0.2) is 0 Å². The molecule has 48 heavy (non-hydrogen) atoms. The Morgan fingerprint density at radius 2 is 0.896 bits per heavy atom. The fraction of sp³-hybridized carbons (Fsp3) is 0.674. The zero-order chi connectivity index (χ0) is 35.0. The normalized spacial score (nSPS) is 13.0. The van der Waals surface area contributed by atoms with Crippen molar-refractivity contribution >= 4 is 11.9 Å². The summed E-state index contributed by atoms with van der Waals surface area (Å²) in [5.74, 6) is -0.691. The number of aliphatic hydroxyl groups is 1. The van der Waals surface area contributed by atoms with Crippen molar-refractivity contribution in [3.63, 3.8) is 0 Å². The van der Waals surface area contributed by atoms with Gasteiger partial charge in [-0.15, -0.1) is 0 Å². The third kappa shape index (κ3) is 36.2. The first-order chi connectivity index (χ1) is 23.6. The van der Waals surface area contributed by atoms with E-state index >= 15 is 0 Å². The number of allylic oxidation sites excluding steroid dienone is 12. The smallest absolute Gasteiger partial charge is 0.306 e. The maximum atomic E-state index is 12.2. The molecule has 0 spiro atoms. The number of carbonyl (C=O) groups excluding carboxylic acids is 2. The van der Waals surface area contributed by atoms with Gasteiger partial charge in [0, 0.05) is 12.8 Å². The van der Waals surface area contributed by atoms with E-state index in [9.17, 15) is 14.7 Å². The standard InChI is InChI=1S/C43H72O5/c1-3-5-7-9-11-13-15-17-19-20-21-22-24-25-27-29-31-33-35-37-42(45)47-40-41(39-44)48-43(46)38-36-34-32-30-28-26-23-18-16-14-12-10-8-6-4-2/h5,7,11,13,17,19,21-22,25,27,31,33,41,44H,3-4,6,8-10,12,14-16,18,20,23-24,26,28-30,32,34-40H2,1-2H3/b7-5+,13-11+,19-17+,22-21+,27-25+,33-31+/t41-/m0/s1. The Balaban J connectivity index is 3.70. The van der Waals surface area contributed by atoms with E-state index in [2.05, 4.69) is 74.6 Å². The van der Waals surface area contributed by atoms with Crippen molar-refractivity contribution in [2.75, 3.05) is 13.2 Å². The molecule has 0 bridgehead atoms. The number of esters is 2. The molecule has 0 amide bonds. The van der Waals surface area contributed by atoms with Crippen molar-refractivity contribution in [3.05, 3.63) is 72.9 Å². The molecule has 5 nitrogen and oxygen atoms in total. The lowest BCUT2D eigenvalue weighted by atomic mass is 10.0. The zero-order valence-corrected chi connectivity index (χ0v) is 31.0. The maximum Gasteiger partial charge on any atom is 0.306 e. The van der Waals surface area contributed by atoms with Gasteiger partial charge in [-0.05, 0) is 51.4 Å². The minimum Gasteiger partial charge on any atom is -0.462 e. The van der Waals surface area contributed by atoms with Crippen LogP contribution in [0.1, 0.15) is 168 Å². The van der Waals surface area contributed by atoms with Gasteiger partial charge in [-0.1, -0.05) is 177 Å². The first-order valence-corrected chi connectivity index (χ1v) is 19.5. The summed E-state index contributed by atoms with van der Waals surface area (Å²) in [5.41, 5.74) is 0. The molecule has 0 fully saturated rings. The molecule has 0 aliphatic rings. The summed E-state index contributed by atoms with van der Waals surface area (Å²) in [6, 6.07) is 0. The Bertz CT molecular complexity index is 895. The summed E-state index contributed by atoms with van der Waals surface area (Å²) in [6.45, 7) is 3.95. The number of rotatable bonds is 34. The van der Waals surface area contributed by atoms with Crippen molar-refractivity contribution in [2.45, 2.75) is 174 Å². The molecule has 1 atom stereocenters. The first-order valence-electron chi connectivity index (χ1n) is 19.5. The minimum absolute atomic E-state index is 0.107. The Morgan fingerprint density at radius 1 is 0.500 bits per heavy atom. The summed E-state index contributed by atoms with van der Waals surface area (Å²) < 4.78 is 10.5. The van der Waals surface area contributed by atoms with Crippen LogP contribution in [0.15, 0.2) is 72.9 Å². The van der Waals surface area contributed by atoms with Gasteiger partial charge in [-0.2, -0.15) is 0 Å². The van der Waals surface area contributed by atoms with E-state index < -0.39 is 6.10 Å². The monoisotopic (exact) mass is 669 g/mol. The molecule has 0 saturated carbocycles. The van der Waals surface area contributed by atoms with Crippen LogP contribution in [0.2, 0.25) is 0 Å². The summed E-state index contributed by atoms with van der Waals surface area (Å²) in [7, 11) is 0. The summed E-state index contributed by atoms with van der Waals surface area (Å²) in [6.07, 6.45) is 51.1. The van der Waals surface area contributed by atoms with Gasteiger partial charge < -0.3 is 14.6 Å². The van der Waals surface area contributed by atoms with Crippen LogP contribution in [0.4, 0.5) is 0 Å². The zero-order valence-electron chi connectivity index (χ0n) is 31.0. The Kier molecular flexibility index (Phi) is 36.6. The second kappa shape index (κ2) is 38.8. The Hall–Kier alpha value is -2.66. The first kappa shape index (κ1) is 45.3. The molecular formula is C43H72O5. The quantitative estimate of drug-likeness (QED) is 0.0420. The molecule has 5 heteroatoms. The van der Waals surface area contributed by atoms with Gasteiger partial charge in [-0.3, -0.25) is 9.59 Å². The molecule has 0 aliphatic heterocycles. The third-order valence-electron chi connectivity index (χ3n) is 8.03. The lowest BCUT2D eigenvalue weighted by molar-refractivity contribution is -0.161. The number of ether oxygens (including phenoxy) is 2. The summed E-state index contributed by atoms with van der Waals surface area (Å²) in [5, 5.41) is 9.54. The number of unbranched alkanes of at least 4 members (excludes halogenated alkanes) is 14. The van der Waals surface area contributed by atoms with Crippen LogP contribution in [0.3, 0.4) is 0 Å². The fourth-order valence-electron chi connectivity index (χ4n) is 5.11. The highest BCUT2D eigenvalue weighted by Crippen LogP contribution is 2.14. The van der Waals surface area contributed by atoms with Crippen LogP contribution in [-0.2, 0) is 19.1 Å². The largest absolute Gasteiger partial charge is 0.462 e. The van der Waals surface area contributed by atoms with E-state index in [1.807, 2.05) is 12.2 Å². The van der Waals surface area contributed by atoms with Crippen LogP contribution in [0.5, 0.6) is 0 Å². The van der Waals surface area contributed by atoms with E-state index in [0.717, 1.165) is 57.8 Å². The lowest BCUT2D eigenvalue weighted by Gasteiger charge is -2.15. The van der Waals surface area contributed by atoms with Crippen LogP contribution < -0.4 is 0 Å². The molecule has 1 N–H and O–H groups in total. The predicted molar refractivity (Wildman–Crippen MR) is 205 cm³/mol. The van der Waals surface area contributed by atoms with Gasteiger partial charge in [0.25, 0.3) is 0 Å². The third-order valence-corrected chi connectivity index (χ3v) is 8.03. The molecule has 0 aromatic heterocycles. The van der Waals surface area contributed by atoms with Gasteiger partial charge in [0.2, 0.25) is 0 Å². The summed E-state index contributed by atoms with van der Waals surface area (Å²) in [4.78, 5) is 24.2. The van der Waals surface area contributed by atoms with Crippen molar-refractivity contribution in [1.29, 1.82) is 0 Å². The van der Waals surface area contributed by atoms with E-state index in [4.69, 9.17) is 9.47 Å². The molecule has 0 saturated heterocycles. The predicted octanol–water partition coefficient (Wildman–Crippen LogP) is 12.2. The van der Waals surface area contributed by atoms with Crippen molar-refractivity contribution in [2.24, 2.45) is 0 Å². The van der Waals surface area contributed by atoms with E-state index in [-0.39, 0.29) is 31.6 Å². The van der Waals surface area contributed by atoms with Crippen LogP contribution in [0, 0.1) is 0 Å². The molecule has 0 aromatic carbocycles. The van der Waals surface area contributed by atoms with Crippen molar-refractivity contribution in [1.82, 2.24) is 0 Å². The minimum atomic E-state index is -0.802. The maximum absolute atomic E-state index is 12.2. The molecule has 0 aliphatic carbocycles. The molecule has 0 radical (unpaired) electrons. The van der Waals surface area contributed by atoms with Gasteiger partial charge in [0.15, 0.2) is 6.10 Å². The average molecular weight is 669 g/mol. The highest BCUT2D eigenvalue weighted by molar-refractivity contribution is 5.70. The number of hydrogen-bond acceptors (Lipinski definition) is 5. The fourth-order valence-corrected chi connectivity index (χ4v) is 5.11. The summed E-state index contributed by atoms with van der Waals surface area (Å²) >= 11 is 0. The molecule has 274 valence electrons. The highest BCUT2D eigenvalue weighted by Gasteiger charge is 2.15. The molecule has 0 rings (SSSR count). The van der Waals surface area contributed by atoms with Crippen LogP contribution >= 0.6 is 0 Å². The number of hydrogen-bond donors (Lipinski definition) is 1. The Morgan fingerprint density at radius 3 is 1.31 bits per heavy atom. The van der Waals surface area contributed by atoms with Gasteiger partial charge in [0.05, 0.1) is 6.61 Å². The second-order valence-electron chi connectivity index (χ2n) is 12.6. The van der Waals surface area contributed by atoms with Crippen LogP contribution in [0.25, 0.3) is 0 Å². The molecular weight excluding hydrogens is 596 g/mol. The SMILES string of the molecule is CC/C=C/C/C=C/C/C=C/C/C=C/C/C=C/C/C=C/CCC(=O)OC[C@H](CO)OC(=O)CCCCCCCCCCCCCCCCC. The molecule has 0 unspecified atom stereocenters. The van der Waals surface area contributed by atoms with Crippen LogP contribution in [-0.4, -0.2) is 36.4 Å². The number of aliphatic hydroxyl groups excluding tert-OH is 1. The van der Waals surface area contributed by atoms with E-state index in [1.165, 1.54) is 77.0 Å². The number of carbonyl (C=O) groups is 2. The Labute approximate surface area is 295 Å². The van der Waals surface area contributed by atoms with Gasteiger partial charge in [0.1, 0.15) is 6.61 Å². The van der Waals surface area contributed by atoms with E-state index in [0.29, 0.717) is 12.8 Å². The van der Waals surface area contributed by atoms with Crippen molar-refractivity contribution < 1.29 is 24.2 Å². The second-order valence-corrected chi connectivity index (χ2v) is 12.6. The van der Waals surface area contributed by atoms with E-state index in [1.54, 1.807) is 0 Å². The van der Waals surface area contributed by atoms with Crippen molar-refractivity contribution in [3.8, 4) is 0 Å². The average Bonchev–Trinajstić information content (AvgIpc) is 3.09. The molecule has 0 heterocycles. The topological polar surface area (TPSA) is 72.8 Å². The lowest BCUT2D eigenvalue weighted by Crippen LogP contribution is -2.28. The van der Waals surface area contributed by atoms with Gasteiger partial charge >= 0.3 is 11.9 Å². The molecule has 0 aromatic rings. The highest BCUT2D eigenvalue weighted by atomic mass is 16.6.